The number of H-pyrrole nitrogens is 1. The van der Waals surface area contributed by atoms with Crippen LogP contribution in [0.4, 0.5) is 14.5 Å². The van der Waals surface area contributed by atoms with E-state index in [1.165, 1.54) is 6.07 Å². The summed E-state index contributed by atoms with van der Waals surface area (Å²) in [6, 6.07) is 3.40. The molecule has 1 aromatic carbocycles. The molecule has 8 heteroatoms. The van der Waals surface area contributed by atoms with Crippen LogP contribution in [0.1, 0.15) is 19.7 Å². The van der Waals surface area contributed by atoms with Crippen LogP contribution in [0.25, 0.3) is 0 Å². The molecule has 1 heterocycles. The number of rotatable bonds is 5. The molecule has 5 nitrogen and oxygen atoms in total. The minimum absolute atomic E-state index is 0.420. The van der Waals surface area contributed by atoms with E-state index in [-0.39, 0.29) is 0 Å². The number of thioether (sulfide) groups is 1. The number of carbonyl (C=O) groups is 1. The van der Waals surface area contributed by atoms with Gasteiger partial charge in [-0.25, -0.2) is 13.8 Å². The lowest BCUT2D eigenvalue weighted by atomic mass is 10.3. The molecule has 2 N–H and O–H groups in total. The maximum absolute atomic E-state index is 13.5. The van der Waals surface area contributed by atoms with Crippen LogP contribution < -0.4 is 5.32 Å². The summed E-state index contributed by atoms with van der Waals surface area (Å²) < 4.78 is 26.9. The molecular weight excluding hydrogens is 298 g/mol. The van der Waals surface area contributed by atoms with Crippen molar-refractivity contribution in [2.75, 3.05) is 5.32 Å². The normalized spacial score (nSPS) is 12.2. The van der Waals surface area contributed by atoms with Crippen LogP contribution in [0.2, 0.25) is 0 Å². The zero-order chi connectivity index (χ0) is 15.4. The number of para-hydroxylation sites is 1. The van der Waals surface area contributed by atoms with E-state index in [0.29, 0.717) is 17.4 Å². The van der Waals surface area contributed by atoms with Crippen LogP contribution >= 0.6 is 11.8 Å². The zero-order valence-electron chi connectivity index (χ0n) is 11.5. The molecule has 112 valence electrons. The molecule has 2 aromatic rings. The third kappa shape index (κ3) is 3.78. The van der Waals surface area contributed by atoms with Crippen molar-refractivity contribution in [2.45, 2.75) is 30.7 Å². The number of aromatic nitrogens is 3. The lowest BCUT2D eigenvalue weighted by molar-refractivity contribution is -0.115. The fourth-order valence-corrected chi connectivity index (χ4v) is 2.29. The van der Waals surface area contributed by atoms with E-state index in [2.05, 4.69) is 20.5 Å². The second-order valence-electron chi connectivity index (χ2n) is 4.26. The van der Waals surface area contributed by atoms with Gasteiger partial charge in [0.15, 0.2) is 0 Å². The SMILES string of the molecule is CCc1nc(SC(C)C(=O)Nc2c(F)cccc2F)n[nH]1. The van der Waals surface area contributed by atoms with Gasteiger partial charge in [0.2, 0.25) is 11.1 Å². The second-order valence-corrected chi connectivity index (χ2v) is 5.57. The van der Waals surface area contributed by atoms with Crippen molar-refractivity contribution < 1.29 is 13.6 Å². The number of amides is 1. The van der Waals surface area contributed by atoms with Gasteiger partial charge in [0.25, 0.3) is 0 Å². The fraction of sp³-hybridized carbons (Fsp3) is 0.308. The Morgan fingerprint density at radius 3 is 2.67 bits per heavy atom. The molecule has 1 atom stereocenters. The topological polar surface area (TPSA) is 70.7 Å². The first-order valence-electron chi connectivity index (χ1n) is 6.34. The van der Waals surface area contributed by atoms with Crippen LogP contribution in [-0.4, -0.2) is 26.3 Å². The predicted octanol–water partition coefficient (Wildman–Crippen LogP) is 2.76. The van der Waals surface area contributed by atoms with E-state index in [1.54, 1.807) is 6.92 Å². The summed E-state index contributed by atoms with van der Waals surface area (Å²) in [5.41, 5.74) is -0.445. The monoisotopic (exact) mass is 312 g/mol. The Hall–Kier alpha value is -1.96. The predicted molar refractivity (Wildman–Crippen MR) is 76.1 cm³/mol. The third-order valence-electron chi connectivity index (χ3n) is 2.71. The molecule has 0 aliphatic rings. The fourth-order valence-electron chi connectivity index (χ4n) is 1.54. The van der Waals surface area contributed by atoms with Crippen molar-refractivity contribution in [1.82, 2.24) is 15.2 Å². The summed E-state index contributed by atoms with van der Waals surface area (Å²) in [4.78, 5) is 16.1. The lowest BCUT2D eigenvalue weighted by Crippen LogP contribution is -2.23. The van der Waals surface area contributed by atoms with Crippen LogP contribution in [0.5, 0.6) is 0 Å². The maximum Gasteiger partial charge on any atom is 0.237 e. The molecule has 0 aliphatic carbocycles. The van der Waals surface area contributed by atoms with Gasteiger partial charge < -0.3 is 5.32 Å². The standard InChI is InChI=1S/C13H14F2N4OS/c1-3-10-16-13(19-18-10)21-7(2)12(20)17-11-8(14)5-4-6-9(11)15/h4-7H,3H2,1-2H3,(H,17,20)(H,16,18,19). The van der Waals surface area contributed by atoms with Gasteiger partial charge in [-0.3, -0.25) is 9.89 Å². The van der Waals surface area contributed by atoms with Gasteiger partial charge in [0.05, 0.1) is 5.25 Å². The number of hydrogen-bond acceptors (Lipinski definition) is 4. The highest BCUT2D eigenvalue weighted by atomic mass is 32.2. The van der Waals surface area contributed by atoms with Gasteiger partial charge in [-0.1, -0.05) is 24.8 Å². The van der Waals surface area contributed by atoms with Crippen LogP contribution in [0.15, 0.2) is 23.4 Å². The Bertz CT molecular complexity index is 627. The van der Waals surface area contributed by atoms with Crippen LogP contribution in [0.3, 0.4) is 0 Å². The summed E-state index contributed by atoms with van der Waals surface area (Å²) >= 11 is 1.11. The zero-order valence-corrected chi connectivity index (χ0v) is 12.3. The Balaban J connectivity index is 2.02. The molecule has 0 saturated heterocycles. The Kier molecular flexibility index (Phi) is 4.89. The van der Waals surface area contributed by atoms with E-state index >= 15 is 0 Å². The minimum atomic E-state index is -0.813. The molecule has 21 heavy (non-hydrogen) atoms. The molecule has 0 aliphatic heterocycles. The Morgan fingerprint density at radius 2 is 2.10 bits per heavy atom. The summed E-state index contributed by atoms with van der Waals surface area (Å²) in [6.07, 6.45) is 0.703. The summed E-state index contributed by atoms with van der Waals surface area (Å²) in [5, 5.41) is 8.75. The first-order chi connectivity index (χ1) is 10.0. The number of halogens is 2. The number of hydrogen-bond donors (Lipinski definition) is 2. The summed E-state index contributed by atoms with van der Waals surface area (Å²) in [6.45, 7) is 3.53. The van der Waals surface area contributed by atoms with Crippen LogP contribution in [0, 0.1) is 11.6 Å². The van der Waals surface area contributed by atoms with Crippen molar-refractivity contribution in [3.05, 3.63) is 35.7 Å². The van der Waals surface area contributed by atoms with E-state index in [1.807, 2.05) is 6.92 Å². The molecule has 0 spiro atoms. The highest BCUT2D eigenvalue weighted by Crippen LogP contribution is 2.23. The first-order valence-corrected chi connectivity index (χ1v) is 7.22. The van der Waals surface area contributed by atoms with Crippen molar-refractivity contribution in [3.8, 4) is 0 Å². The molecule has 1 aromatic heterocycles. The molecule has 0 bridgehead atoms. The van der Waals surface area contributed by atoms with Crippen molar-refractivity contribution in [3.63, 3.8) is 0 Å². The van der Waals surface area contributed by atoms with Gasteiger partial charge in [-0.2, -0.15) is 0 Å². The van der Waals surface area contributed by atoms with E-state index in [0.717, 1.165) is 23.9 Å². The van der Waals surface area contributed by atoms with E-state index in [4.69, 9.17) is 0 Å². The quantitative estimate of drug-likeness (QED) is 0.833. The van der Waals surface area contributed by atoms with Crippen molar-refractivity contribution in [2.24, 2.45) is 0 Å². The smallest absolute Gasteiger partial charge is 0.237 e. The van der Waals surface area contributed by atoms with Crippen molar-refractivity contribution in [1.29, 1.82) is 0 Å². The third-order valence-corrected chi connectivity index (χ3v) is 3.67. The van der Waals surface area contributed by atoms with Crippen LogP contribution in [-0.2, 0) is 11.2 Å². The van der Waals surface area contributed by atoms with Crippen molar-refractivity contribution >= 4 is 23.4 Å². The molecule has 0 fully saturated rings. The number of aryl methyl sites for hydroxylation is 1. The molecule has 2 rings (SSSR count). The van der Waals surface area contributed by atoms with Gasteiger partial charge >= 0.3 is 0 Å². The second kappa shape index (κ2) is 6.66. The molecule has 1 unspecified atom stereocenters. The summed E-state index contributed by atoms with van der Waals surface area (Å²) in [7, 11) is 0. The van der Waals surface area contributed by atoms with Gasteiger partial charge in [0, 0.05) is 6.42 Å². The van der Waals surface area contributed by atoms with E-state index in [9.17, 15) is 13.6 Å². The largest absolute Gasteiger partial charge is 0.320 e. The Labute approximate surface area is 124 Å². The average molecular weight is 312 g/mol. The number of nitrogens with zero attached hydrogens (tertiary/aromatic N) is 2. The number of benzene rings is 1. The average Bonchev–Trinajstić information content (AvgIpc) is 2.90. The molecule has 1 amide bonds. The minimum Gasteiger partial charge on any atom is -0.320 e. The number of carbonyl (C=O) groups excluding carboxylic acids is 1. The number of anilines is 1. The number of aromatic amines is 1. The Morgan fingerprint density at radius 1 is 1.43 bits per heavy atom. The van der Waals surface area contributed by atoms with Gasteiger partial charge in [-0.15, -0.1) is 5.10 Å². The first kappa shape index (κ1) is 15.4. The number of nitrogens with one attached hydrogen (secondary N) is 2. The summed E-state index contributed by atoms with van der Waals surface area (Å²) in [5.74, 6) is -1.43. The highest BCUT2D eigenvalue weighted by Gasteiger charge is 2.20. The molecule has 0 radical (unpaired) electrons. The van der Waals surface area contributed by atoms with E-state index < -0.39 is 28.5 Å². The van der Waals surface area contributed by atoms with Gasteiger partial charge in [0.1, 0.15) is 23.1 Å². The maximum atomic E-state index is 13.5. The molecular formula is C13H14F2N4OS. The lowest BCUT2D eigenvalue weighted by Gasteiger charge is -2.11. The highest BCUT2D eigenvalue weighted by molar-refractivity contribution is 8.00. The van der Waals surface area contributed by atoms with Gasteiger partial charge in [-0.05, 0) is 19.1 Å². The molecule has 0 saturated carbocycles.